The summed E-state index contributed by atoms with van der Waals surface area (Å²) in [5.74, 6) is -0.387. The summed E-state index contributed by atoms with van der Waals surface area (Å²) in [6, 6.07) is 17.9. The molecule has 1 N–H and O–H groups in total. The fourth-order valence-corrected chi connectivity index (χ4v) is 2.85. The van der Waals surface area contributed by atoms with Gasteiger partial charge in [0.25, 0.3) is 5.91 Å². The number of carbonyl (C=O) groups excluding carboxylic acids is 1. The molecule has 0 bridgehead atoms. The molecule has 0 aliphatic rings. The van der Waals surface area contributed by atoms with Crippen LogP contribution in [0.1, 0.15) is 27.3 Å². The third-order valence-corrected chi connectivity index (χ3v) is 4.06. The molecule has 2 aromatic carbocycles. The van der Waals surface area contributed by atoms with E-state index in [1.807, 2.05) is 54.8 Å². The maximum absolute atomic E-state index is 13.1. The van der Waals surface area contributed by atoms with Crippen molar-refractivity contribution in [2.45, 2.75) is 20.4 Å². The number of halogens is 1. The SMILES string of the molecule is Cc1cc(C(=O)NCc2ccccc2)c(C)n1-c1ccc(F)cc1. The van der Waals surface area contributed by atoms with E-state index in [2.05, 4.69) is 5.32 Å². The molecule has 0 fully saturated rings. The number of aromatic nitrogens is 1. The number of carbonyl (C=O) groups is 1. The molecular weight excluding hydrogens is 303 g/mol. The molecule has 122 valence electrons. The first kappa shape index (κ1) is 16.0. The van der Waals surface area contributed by atoms with Gasteiger partial charge in [-0.2, -0.15) is 0 Å². The van der Waals surface area contributed by atoms with Crippen molar-refractivity contribution in [2.24, 2.45) is 0 Å². The predicted molar refractivity (Wildman–Crippen MR) is 92.8 cm³/mol. The molecule has 0 aliphatic carbocycles. The number of rotatable bonds is 4. The Bertz CT molecular complexity index is 851. The maximum Gasteiger partial charge on any atom is 0.253 e. The normalized spacial score (nSPS) is 10.6. The smallest absolute Gasteiger partial charge is 0.253 e. The second-order valence-electron chi connectivity index (χ2n) is 5.76. The molecule has 3 nitrogen and oxygen atoms in total. The third-order valence-electron chi connectivity index (χ3n) is 4.06. The van der Waals surface area contributed by atoms with Crippen molar-refractivity contribution in [2.75, 3.05) is 0 Å². The average Bonchev–Trinajstić information content (AvgIpc) is 2.89. The fourth-order valence-electron chi connectivity index (χ4n) is 2.85. The molecule has 0 unspecified atom stereocenters. The Morgan fingerprint density at radius 3 is 2.38 bits per heavy atom. The van der Waals surface area contributed by atoms with Gasteiger partial charge in [-0.05, 0) is 49.7 Å². The van der Waals surface area contributed by atoms with Crippen molar-refractivity contribution in [3.63, 3.8) is 0 Å². The van der Waals surface area contributed by atoms with Gasteiger partial charge in [0.2, 0.25) is 0 Å². The van der Waals surface area contributed by atoms with Gasteiger partial charge in [-0.3, -0.25) is 4.79 Å². The van der Waals surface area contributed by atoms with E-state index in [0.29, 0.717) is 12.1 Å². The number of nitrogens with zero attached hydrogens (tertiary/aromatic N) is 1. The summed E-state index contributed by atoms with van der Waals surface area (Å²) in [6.07, 6.45) is 0. The van der Waals surface area contributed by atoms with E-state index in [1.54, 1.807) is 12.1 Å². The van der Waals surface area contributed by atoms with Gasteiger partial charge in [0.05, 0.1) is 5.56 Å². The van der Waals surface area contributed by atoms with Crippen LogP contribution in [0.3, 0.4) is 0 Å². The third kappa shape index (κ3) is 3.23. The zero-order valence-corrected chi connectivity index (χ0v) is 13.7. The highest BCUT2D eigenvalue weighted by Gasteiger charge is 2.16. The highest BCUT2D eigenvalue weighted by Crippen LogP contribution is 2.21. The molecule has 3 aromatic rings. The largest absolute Gasteiger partial charge is 0.348 e. The summed E-state index contributed by atoms with van der Waals surface area (Å²) in [6.45, 7) is 4.32. The van der Waals surface area contributed by atoms with Gasteiger partial charge in [-0.25, -0.2) is 4.39 Å². The first-order valence-corrected chi connectivity index (χ1v) is 7.83. The van der Waals surface area contributed by atoms with Crippen LogP contribution in [0.15, 0.2) is 60.7 Å². The first-order chi connectivity index (χ1) is 11.6. The average molecular weight is 322 g/mol. The van der Waals surface area contributed by atoms with Crippen molar-refractivity contribution in [3.8, 4) is 5.69 Å². The lowest BCUT2D eigenvalue weighted by Gasteiger charge is -2.10. The molecule has 0 radical (unpaired) electrons. The summed E-state index contributed by atoms with van der Waals surface area (Å²) in [7, 11) is 0. The monoisotopic (exact) mass is 322 g/mol. The van der Waals surface area contributed by atoms with E-state index < -0.39 is 0 Å². The number of aryl methyl sites for hydroxylation is 1. The Morgan fingerprint density at radius 2 is 1.71 bits per heavy atom. The lowest BCUT2D eigenvalue weighted by Crippen LogP contribution is -2.23. The first-order valence-electron chi connectivity index (χ1n) is 7.83. The highest BCUT2D eigenvalue weighted by atomic mass is 19.1. The second-order valence-corrected chi connectivity index (χ2v) is 5.76. The molecule has 1 heterocycles. The van der Waals surface area contributed by atoms with Crippen LogP contribution in [-0.2, 0) is 6.54 Å². The number of amides is 1. The Morgan fingerprint density at radius 1 is 1.04 bits per heavy atom. The lowest BCUT2D eigenvalue weighted by molar-refractivity contribution is 0.0950. The van der Waals surface area contributed by atoms with E-state index >= 15 is 0 Å². The molecule has 1 amide bonds. The second kappa shape index (κ2) is 6.71. The number of hydrogen-bond donors (Lipinski definition) is 1. The van der Waals surface area contributed by atoms with Crippen molar-refractivity contribution < 1.29 is 9.18 Å². The van der Waals surface area contributed by atoms with Gasteiger partial charge in [-0.15, -0.1) is 0 Å². The van der Waals surface area contributed by atoms with Gasteiger partial charge in [0.1, 0.15) is 5.82 Å². The van der Waals surface area contributed by atoms with Crippen LogP contribution >= 0.6 is 0 Å². The molecule has 1 aromatic heterocycles. The van der Waals surface area contributed by atoms with E-state index in [9.17, 15) is 9.18 Å². The topological polar surface area (TPSA) is 34.0 Å². The van der Waals surface area contributed by atoms with Crippen LogP contribution in [0.5, 0.6) is 0 Å². The van der Waals surface area contributed by atoms with Crippen LogP contribution in [0.2, 0.25) is 0 Å². The Hall–Kier alpha value is -2.88. The summed E-state index contributed by atoms with van der Waals surface area (Å²) in [5.41, 5.74) is 4.30. The maximum atomic E-state index is 13.1. The molecule has 0 aliphatic heterocycles. The minimum absolute atomic E-state index is 0.111. The zero-order chi connectivity index (χ0) is 17.1. The summed E-state index contributed by atoms with van der Waals surface area (Å²) < 4.78 is 15.1. The van der Waals surface area contributed by atoms with Gasteiger partial charge >= 0.3 is 0 Å². The summed E-state index contributed by atoms with van der Waals surface area (Å²) in [4.78, 5) is 12.5. The standard InChI is InChI=1S/C20H19FN2O/c1-14-12-19(20(24)22-13-16-6-4-3-5-7-16)15(2)23(14)18-10-8-17(21)9-11-18/h3-12H,13H2,1-2H3,(H,22,24). The summed E-state index contributed by atoms with van der Waals surface area (Å²) in [5, 5.41) is 2.94. The van der Waals surface area contributed by atoms with Crippen LogP contribution < -0.4 is 5.32 Å². The zero-order valence-electron chi connectivity index (χ0n) is 13.7. The highest BCUT2D eigenvalue weighted by molar-refractivity contribution is 5.95. The van der Waals surface area contributed by atoms with Gasteiger partial charge in [-0.1, -0.05) is 30.3 Å². The molecule has 0 saturated heterocycles. The van der Waals surface area contributed by atoms with Gasteiger partial charge in [0.15, 0.2) is 0 Å². The van der Waals surface area contributed by atoms with Gasteiger partial charge in [0, 0.05) is 23.6 Å². The minimum atomic E-state index is -0.276. The van der Waals surface area contributed by atoms with E-state index in [0.717, 1.165) is 22.6 Å². The number of benzene rings is 2. The van der Waals surface area contributed by atoms with Gasteiger partial charge < -0.3 is 9.88 Å². The predicted octanol–water partition coefficient (Wildman–Crippen LogP) is 4.16. The van der Waals surface area contributed by atoms with Crippen molar-refractivity contribution in [3.05, 3.63) is 89.0 Å². The summed E-state index contributed by atoms with van der Waals surface area (Å²) >= 11 is 0. The lowest BCUT2D eigenvalue weighted by atomic mass is 10.2. The molecule has 24 heavy (non-hydrogen) atoms. The Kier molecular flexibility index (Phi) is 4.47. The molecule has 0 atom stereocenters. The van der Waals surface area contributed by atoms with E-state index in [1.165, 1.54) is 12.1 Å². The van der Waals surface area contributed by atoms with E-state index in [-0.39, 0.29) is 11.7 Å². The van der Waals surface area contributed by atoms with Crippen LogP contribution in [0.25, 0.3) is 5.69 Å². The van der Waals surface area contributed by atoms with Crippen molar-refractivity contribution in [1.29, 1.82) is 0 Å². The Balaban J connectivity index is 1.83. The number of hydrogen-bond acceptors (Lipinski definition) is 1. The van der Waals surface area contributed by atoms with Crippen LogP contribution in [0.4, 0.5) is 4.39 Å². The minimum Gasteiger partial charge on any atom is -0.348 e. The molecular formula is C20H19FN2O. The van der Waals surface area contributed by atoms with Crippen molar-refractivity contribution >= 4 is 5.91 Å². The quantitative estimate of drug-likeness (QED) is 0.769. The molecule has 4 heteroatoms. The van der Waals surface area contributed by atoms with Crippen molar-refractivity contribution in [1.82, 2.24) is 9.88 Å². The Labute approximate surface area is 140 Å². The van der Waals surface area contributed by atoms with E-state index in [4.69, 9.17) is 0 Å². The fraction of sp³-hybridized carbons (Fsp3) is 0.150. The molecule has 0 spiro atoms. The number of nitrogens with one attached hydrogen (secondary N) is 1. The van der Waals surface area contributed by atoms with Crippen LogP contribution in [0, 0.1) is 19.7 Å². The van der Waals surface area contributed by atoms with Crippen LogP contribution in [-0.4, -0.2) is 10.5 Å². The molecule has 3 rings (SSSR count). The molecule has 0 saturated carbocycles.